The van der Waals surface area contributed by atoms with E-state index in [2.05, 4.69) is 0 Å². The van der Waals surface area contributed by atoms with Gasteiger partial charge in [0.1, 0.15) is 12.6 Å². The Balaban J connectivity index is 2.74. The predicted molar refractivity (Wildman–Crippen MR) is 38.7 cm³/mol. The summed E-state index contributed by atoms with van der Waals surface area (Å²) in [6.07, 6.45) is 2.99. The van der Waals surface area contributed by atoms with Gasteiger partial charge in [-0.15, -0.1) is 0 Å². The molecule has 52 valence electrons. The Morgan fingerprint density at radius 3 is 1.78 bits per heavy atom. The average Bonchev–Trinajstić information content (AvgIpc) is 1.89. The quantitative estimate of drug-likeness (QED) is 0.412. The van der Waals surface area contributed by atoms with Crippen molar-refractivity contribution in [2.24, 2.45) is 0 Å². The van der Waals surface area contributed by atoms with Crippen molar-refractivity contribution in [3.63, 3.8) is 0 Å². The van der Waals surface area contributed by atoms with Crippen molar-refractivity contribution in [1.82, 2.24) is 0 Å². The zero-order valence-corrected chi connectivity index (χ0v) is 6.02. The summed E-state index contributed by atoms with van der Waals surface area (Å²) in [5.41, 5.74) is 0. The maximum absolute atomic E-state index is 9.75. The monoisotopic (exact) mass is 146 g/mol. The second kappa shape index (κ2) is 7.69. The summed E-state index contributed by atoms with van der Waals surface area (Å²) in [6, 6.07) is 0. The minimum absolute atomic E-state index is 0.601. The standard InChI is InChI=1S/C6H10O2S/c7-3-1-5-9-6-2-4-8/h3-4H,1-2,5-6H2. The van der Waals surface area contributed by atoms with Crippen LogP contribution in [0.1, 0.15) is 12.8 Å². The third-order valence-corrected chi connectivity index (χ3v) is 1.81. The van der Waals surface area contributed by atoms with E-state index in [1.807, 2.05) is 0 Å². The van der Waals surface area contributed by atoms with Gasteiger partial charge in [-0.05, 0) is 11.5 Å². The number of carbonyl (C=O) groups is 2. The molecule has 0 rings (SSSR count). The molecule has 0 N–H and O–H groups in total. The number of aldehydes is 2. The van der Waals surface area contributed by atoms with Gasteiger partial charge in [0.2, 0.25) is 0 Å². The molecule has 0 aromatic rings. The second-order valence-electron chi connectivity index (χ2n) is 1.52. The van der Waals surface area contributed by atoms with E-state index in [1.165, 1.54) is 0 Å². The fourth-order valence-corrected chi connectivity index (χ4v) is 1.09. The minimum atomic E-state index is 0.601. The van der Waals surface area contributed by atoms with E-state index in [-0.39, 0.29) is 0 Å². The first-order valence-corrected chi connectivity index (χ1v) is 4.02. The second-order valence-corrected chi connectivity index (χ2v) is 2.75. The van der Waals surface area contributed by atoms with Crippen molar-refractivity contribution >= 4 is 24.3 Å². The molecule has 0 saturated carbocycles. The van der Waals surface area contributed by atoms with Gasteiger partial charge in [-0.3, -0.25) is 0 Å². The molecule has 0 bridgehead atoms. The van der Waals surface area contributed by atoms with Gasteiger partial charge in [0.05, 0.1) is 0 Å². The van der Waals surface area contributed by atoms with Gasteiger partial charge in [0.15, 0.2) is 0 Å². The minimum Gasteiger partial charge on any atom is -0.303 e. The topological polar surface area (TPSA) is 34.1 Å². The summed E-state index contributed by atoms with van der Waals surface area (Å²) in [6.45, 7) is 0. The Labute approximate surface area is 59.0 Å². The van der Waals surface area contributed by atoms with E-state index in [9.17, 15) is 9.59 Å². The molecule has 0 radical (unpaired) electrons. The van der Waals surface area contributed by atoms with Gasteiger partial charge >= 0.3 is 0 Å². The lowest BCUT2D eigenvalue weighted by Gasteiger charge is -1.90. The summed E-state index contributed by atoms with van der Waals surface area (Å²) in [5.74, 6) is 1.69. The highest BCUT2D eigenvalue weighted by Crippen LogP contribution is 2.01. The Morgan fingerprint density at radius 1 is 1.00 bits per heavy atom. The van der Waals surface area contributed by atoms with Crippen molar-refractivity contribution in [2.75, 3.05) is 11.5 Å². The molecule has 0 aliphatic rings. The molecular weight excluding hydrogens is 136 g/mol. The van der Waals surface area contributed by atoms with Crippen molar-refractivity contribution in [1.29, 1.82) is 0 Å². The molecule has 0 unspecified atom stereocenters. The molecule has 0 aliphatic carbocycles. The first kappa shape index (κ1) is 8.69. The number of hydrogen-bond donors (Lipinski definition) is 0. The maximum atomic E-state index is 9.75. The largest absolute Gasteiger partial charge is 0.303 e. The smallest absolute Gasteiger partial charge is 0.120 e. The lowest BCUT2D eigenvalue weighted by atomic mass is 10.6. The normalized spacial score (nSPS) is 8.89. The molecule has 9 heavy (non-hydrogen) atoms. The molecule has 0 fully saturated rings. The van der Waals surface area contributed by atoms with Crippen LogP contribution < -0.4 is 0 Å². The average molecular weight is 146 g/mol. The molecule has 3 heteroatoms. The van der Waals surface area contributed by atoms with E-state index >= 15 is 0 Å². The molecule has 0 spiro atoms. The Bertz CT molecular complexity index is 73.1. The van der Waals surface area contributed by atoms with Crippen LogP contribution in [0.5, 0.6) is 0 Å². The lowest BCUT2D eigenvalue weighted by Crippen LogP contribution is -1.84. The summed E-state index contributed by atoms with van der Waals surface area (Å²) in [5, 5.41) is 0. The first-order chi connectivity index (χ1) is 4.41. The SMILES string of the molecule is O=CCCSCCC=O. The fraction of sp³-hybridized carbons (Fsp3) is 0.667. The number of hydrogen-bond acceptors (Lipinski definition) is 3. The van der Waals surface area contributed by atoms with E-state index in [0.717, 1.165) is 24.1 Å². The Morgan fingerprint density at radius 2 is 1.44 bits per heavy atom. The van der Waals surface area contributed by atoms with Crippen LogP contribution in [0.4, 0.5) is 0 Å². The van der Waals surface area contributed by atoms with Gasteiger partial charge in [-0.25, -0.2) is 0 Å². The van der Waals surface area contributed by atoms with E-state index in [0.29, 0.717) is 12.8 Å². The lowest BCUT2D eigenvalue weighted by molar-refractivity contribution is -0.108. The Kier molecular flexibility index (Phi) is 7.43. The fourth-order valence-electron chi connectivity index (χ4n) is 0.365. The van der Waals surface area contributed by atoms with Gasteiger partial charge in [-0.2, -0.15) is 11.8 Å². The van der Waals surface area contributed by atoms with Crippen molar-refractivity contribution in [3.05, 3.63) is 0 Å². The molecule has 2 nitrogen and oxygen atoms in total. The van der Waals surface area contributed by atoms with Gasteiger partial charge in [0.25, 0.3) is 0 Å². The van der Waals surface area contributed by atoms with Crippen LogP contribution in [0.25, 0.3) is 0 Å². The molecule has 0 aromatic carbocycles. The zero-order valence-electron chi connectivity index (χ0n) is 5.21. The highest BCUT2D eigenvalue weighted by Gasteiger charge is 1.85. The third-order valence-electron chi connectivity index (χ3n) is 0.760. The van der Waals surface area contributed by atoms with Crippen LogP contribution in [-0.4, -0.2) is 24.1 Å². The van der Waals surface area contributed by atoms with E-state index < -0.39 is 0 Å². The van der Waals surface area contributed by atoms with Gasteiger partial charge in [0, 0.05) is 12.8 Å². The van der Waals surface area contributed by atoms with Crippen LogP contribution in [0.15, 0.2) is 0 Å². The summed E-state index contributed by atoms with van der Waals surface area (Å²) >= 11 is 1.64. The summed E-state index contributed by atoms with van der Waals surface area (Å²) in [7, 11) is 0. The van der Waals surface area contributed by atoms with Crippen LogP contribution in [0.3, 0.4) is 0 Å². The van der Waals surface area contributed by atoms with Crippen LogP contribution >= 0.6 is 11.8 Å². The number of rotatable bonds is 6. The molecule has 0 atom stereocenters. The van der Waals surface area contributed by atoms with E-state index in [4.69, 9.17) is 0 Å². The maximum Gasteiger partial charge on any atom is 0.120 e. The predicted octanol–water partition coefficient (Wildman–Crippen LogP) is 0.898. The molecule has 0 amide bonds. The van der Waals surface area contributed by atoms with Crippen molar-refractivity contribution in [3.8, 4) is 0 Å². The van der Waals surface area contributed by atoms with Crippen molar-refractivity contribution in [2.45, 2.75) is 12.8 Å². The van der Waals surface area contributed by atoms with Gasteiger partial charge in [-0.1, -0.05) is 0 Å². The van der Waals surface area contributed by atoms with Gasteiger partial charge < -0.3 is 9.59 Å². The summed E-state index contributed by atoms with van der Waals surface area (Å²) < 4.78 is 0. The highest BCUT2D eigenvalue weighted by atomic mass is 32.2. The number of thioether (sulfide) groups is 1. The molecule has 0 aliphatic heterocycles. The molecular formula is C6H10O2S. The third kappa shape index (κ3) is 7.69. The van der Waals surface area contributed by atoms with Crippen LogP contribution in [-0.2, 0) is 9.59 Å². The van der Waals surface area contributed by atoms with Crippen LogP contribution in [0.2, 0.25) is 0 Å². The number of carbonyl (C=O) groups excluding carboxylic acids is 2. The van der Waals surface area contributed by atoms with Crippen molar-refractivity contribution < 1.29 is 9.59 Å². The first-order valence-electron chi connectivity index (χ1n) is 2.87. The molecule has 0 heterocycles. The Hall–Kier alpha value is -0.310. The van der Waals surface area contributed by atoms with Crippen LogP contribution in [0, 0.1) is 0 Å². The van der Waals surface area contributed by atoms with E-state index in [1.54, 1.807) is 11.8 Å². The highest BCUT2D eigenvalue weighted by molar-refractivity contribution is 7.99. The molecule has 0 aromatic heterocycles. The summed E-state index contributed by atoms with van der Waals surface area (Å²) in [4.78, 5) is 19.5. The zero-order chi connectivity index (χ0) is 6.95. The molecule has 0 saturated heterocycles.